The molecular weight excluding hydrogens is 328 g/mol. The van der Waals surface area contributed by atoms with Crippen molar-refractivity contribution in [1.82, 2.24) is 0 Å². The van der Waals surface area contributed by atoms with E-state index >= 15 is 0 Å². The molecule has 3 nitrogen and oxygen atoms in total. The molecule has 17 heavy (non-hydrogen) atoms. The molecule has 0 aliphatic heterocycles. The first-order valence-corrected chi connectivity index (χ1v) is 7.29. The summed E-state index contributed by atoms with van der Waals surface area (Å²) in [5.74, 6) is -0.435. The van der Waals surface area contributed by atoms with Crippen LogP contribution >= 0.6 is 39.3 Å². The third-order valence-corrected chi connectivity index (χ3v) is 3.52. The number of halogens is 2. The molecular formula is C11H12BrClO3S. The van der Waals surface area contributed by atoms with Crippen LogP contribution in [0.15, 0.2) is 21.5 Å². The van der Waals surface area contributed by atoms with Gasteiger partial charge in [0, 0.05) is 0 Å². The number of carbonyl (C=O) groups is 1. The summed E-state index contributed by atoms with van der Waals surface area (Å²) in [6.07, 6.45) is 1.81. The van der Waals surface area contributed by atoms with E-state index in [1.165, 1.54) is 11.8 Å². The van der Waals surface area contributed by atoms with E-state index in [-0.39, 0.29) is 10.9 Å². The van der Waals surface area contributed by atoms with Crippen LogP contribution in [0.5, 0.6) is 5.75 Å². The topological polar surface area (TPSA) is 46.5 Å². The molecule has 1 atom stereocenters. The van der Waals surface area contributed by atoms with Crippen LogP contribution in [-0.4, -0.2) is 29.3 Å². The van der Waals surface area contributed by atoms with Gasteiger partial charge in [0.25, 0.3) is 0 Å². The molecule has 0 aromatic heterocycles. The number of carboxylic acid groups (broad SMARTS) is 1. The van der Waals surface area contributed by atoms with Gasteiger partial charge in [0.05, 0.1) is 20.3 Å². The summed E-state index contributed by atoms with van der Waals surface area (Å²) in [6, 6.07) is 3.21. The highest BCUT2D eigenvalue weighted by molar-refractivity contribution is 9.10. The Balaban J connectivity index is 3.16. The van der Waals surface area contributed by atoms with Gasteiger partial charge in [-0.3, -0.25) is 0 Å². The maximum absolute atomic E-state index is 11.1. The van der Waals surface area contributed by atoms with E-state index in [1.54, 1.807) is 12.1 Å². The monoisotopic (exact) mass is 338 g/mol. The minimum absolute atomic E-state index is 0.134. The maximum Gasteiger partial charge on any atom is 0.336 e. The van der Waals surface area contributed by atoms with Crippen LogP contribution in [0.2, 0.25) is 0 Å². The third kappa shape index (κ3) is 3.79. The minimum atomic E-state index is -0.967. The molecule has 0 bridgehead atoms. The normalized spacial score (nSPS) is 12.2. The Morgan fingerprint density at radius 2 is 2.29 bits per heavy atom. The van der Waals surface area contributed by atoms with E-state index < -0.39 is 5.97 Å². The highest BCUT2D eigenvalue weighted by atomic mass is 79.9. The maximum atomic E-state index is 11.1. The molecule has 1 aromatic carbocycles. The largest absolute Gasteiger partial charge is 0.490 e. The first-order chi connectivity index (χ1) is 7.97. The first-order valence-electron chi connectivity index (χ1n) is 4.84. The summed E-state index contributed by atoms with van der Waals surface area (Å²) in [5.41, 5.74) is 0.234. The summed E-state index contributed by atoms with van der Waals surface area (Å²) in [6.45, 7) is 2.14. The molecule has 0 heterocycles. The predicted molar refractivity (Wildman–Crippen MR) is 73.7 cm³/mol. The Morgan fingerprint density at radius 1 is 1.65 bits per heavy atom. The fourth-order valence-corrected chi connectivity index (χ4v) is 2.61. The van der Waals surface area contributed by atoms with Gasteiger partial charge in [-0.25, -0.2) is 4.79 Å². The van der Waals surface area contributed by atoms with E-state index in [1.807, 2.05) is 13.2 Å². The fourth-order valence-electron chi connectivity index (χ4n) is 1.24. The highest BCUT2D eigenvalue weighted by Gasteiger charge is 2.17. The lowest BCUT2D eigenvalue weighted by Crippen LogP contribution is -2.10. The van der Waals surface area contributed by atoms with Gasteiger partial charge in [-0.1, -0.05) is 0 Å². The van der Waals surface area contributed by atoms with Crippen LogP contribution in [-0.2, 0) is 0 Å². The molecule has 1 aromatic rings. The third-order valence-electron chi connectivity index (χ3n) is 1.96. The Morgan fingerprint density at radius 3 is 2.76 bits per heavy atom. The lowest BCUT2D eigenvalue weighted by molar-refractivity contribution is 0.0692. The number of rotatable bonds is 5. The van der Waals surface area contributed by atoms with Crippen LogP contribution < -0.4 is 4.74 Å². The van der Waals surface area contributed by atoms with Crippen molar-refractivity contribution in [3.8, 4) is 5.75 Å². The number of benzene rings is 1. The van der Waals surface area contributed by atoms with Crippen LogP contribution in [0, 0.1) is 0 Å². The smallest absolute Gasteiger partial charge is 0.336 e. The molecule has 1 rings (SSSR count). The number of alkyl halides is 1. The number of thioether (sulfide) groups is 1. The predicted octanol–water partition coefficient (Wildman–Crippen LogP) is 3.88. The standard InChI is InChI=1S/C11H12BrClO3S/c1-6(13)5-16-9-8(12)4-3-7(11(14)15)10(9)17-2/h3-4,6H,5H2,1-2H3,(H,14,15). The molecule has 6 heteroatoms. The Kier molecular flexibility index (Phi) is 5.62. The zero-order valence-electron chi connectivity index (χ0n) is 9.37. The van der Waals surface area contributed by atoms with E-state index in [2.05, 4.69) is 15.9 Å². The number of hydrogen-bond acceptors (Lipinski definition) is 3. The SMILES string of the molecule is CSc1c(C(=O)O)ccc(Br)c1OCC(C)Cl. The summed E-state index contributed by atoms with van der Waals surface area (Å²) in [4.78, 5) is 11.7. The van der Waals surface area contributed by atoms with Crippen molar-refractivity contribution in [3.63, 3.8) is 0 Å². The first kappa shape index (κ1) is 14.7. The molecule has 94 valence electrons. The average Bonchev–Trinajstić information content (AvgIpc) is 2.26. The molecule has 0 aliphatic rings. The fraction of sp³-hybridized carbons (Fsp3) is 0.364. The van der Waals surface area contributed by atoms with Crippen molar-refractivity contribution in [3.05, 3.63) is 22.2 Å². The van der Waals surface area contributed by atoms with E-state index in [4.69, 9.17) is 21.4 Å². The van der Waals surface area contributed by atoms with Crippen LogP contribution in [0.4, 0.5) is 0 Å². The lowest BCUT2D eigenvalue weighted by Gasteiger charge is -2.14. The van der Waals surface area contributed by atoms with Crippen LogP contribution in [0.3, 0.4) is 0 Å². The van der Waals surface area contributed by atoms with Crippen molar-refractivity contribution < 1.29 is 14.6 Å². The van der Waals surface area contributed by atoms with E-state index in [0.717, 1.165) is 4.47 Å². The van der Waals surface area contributed by atoms with Gasteiger partial charge < -0.3 is 9.84 Å². The van der Waals surface area contributed by atoms with Gasteiger partial charge in [0.15, 0.2) is 0 Å². The van der Waals surface area contributed by atoms with Gasteiger partial charge in [0.1, 0.15) is 12.4 Å². The second kappa shape index (κ2) is 6.52. The van der Waals surface area contributed by atoms with Crippen molar-refractivity contribution in [1.29, 1.82) is 0 Å². The van der Waals surface area contributed by atoms with Crippen molar-refractivity contribution in [2.75, 3.05) is 12.9 Å². The summed E-state index contributed by atoms with van der Waals surface area (Å²) >= 11 is 10.5. The molecule has 1 N–H and O–H groups in total. The Bertz CT molecular complexity index is 423. The zero-order valence-corrected chi connectivity index (χ0v) is 12.5. The Hall–Kier alpha value is -0.390. The molecule has 0 fully saturated rings. The van der Waals surface area contributed by atoms with E-state index in [0.29, 0.717) is 17.3 Å². The van der Waals surface area contributed by atoms with E-state index in [9.17, 15) is 4.79 Å². The van der Waals surface area contributed by atoms with Gasteiger partial charge in [-0.05, 0) is 41.2 Å². The number of carboxylic acids is 1. The Labute approximate surface area is 118 Å². The molecule has 0 amide bonds. The molecule has 0 spiro atoms. The molecule has 0 aliphatic carbocycles. The van der Waals surface area contributed by atoms with Gasteiger partial charge in [-0.15, -0.1) is 23.4 Å². The van der Waals surface area contributed by atoms with Crippen molar-refractivity contribution >= 4 is 45.3 Å². The van der Waals surface area contributed by atoms with Crippen LogP contribution in [0.1, 0.15) is 17.3 Å². The summed E-state index contributed by atoms with van der Waals surface area (Å²) in [7, 11) is 0. The second-order valence-electron chi connectivity index (χ2n) is 3.35. The molecule has 0 radical (unpaired) electrons. The number of aromatic carboxylic acids is 1. The second-order valence-corrected chi connectivity index (χ2v) is 5.77. The molecule has 0 saturated heterocycles. The molecule has 0 saturated carbocycles. The van der Waals surface area contributed by atoms with Gasteiger partial charge in [0.2, 0.25) is 0 Å². The van der Waals surface area contributed by atoms with Gasteiger partial charge >= 0.3 is 5.97 Å². The van der Waals surface area contributed by atoms with Crippen molar-refractivity contribution in [2.24, 2.45) is 0 Å². The van der Waals surface area contributed by atoms with Gasteiger partial charge in [-0.2, -0.15) is 0 Å². The van der Waals surface area contributed by atoms with Crippen molar-refractivity contribution in [2.45, 2.75) is 17.2 Å². The minimum Gasteiger partial charge on any atom is -0.490 e. The summed E-state index contributed by atoms with van der Waals surface area (Å²) in [5, 5.41) is 8.95. The number of ether oxygens (including phenoxy) is 1. The lowest BCUT2D eigenvalue weighted by atomic mass is 10.2. The quantitative estimate of drug-likeness (QED) is 0.653. The number of hydrogen-bond donors (Lipinski definition) is 1. The van der Waals surface area contributed by atoms with Crippen LogP contribution in [0.25, 0.3) is 0 Å². The zero-order chi connectivity index (χ0) is 13.0. The highest BCUT2D eigenvalue weighted by Crippen LogP contribution is 2.38. The average molecular weight is 340 g/mol. The summed E-state index contributed by atoms with van der Waals surface area (Å²) < 4.78 is 6.27. The molecule has 1 unspecified atom stereocenters.